The highest BCUT2D eigenvalue weighted by Gasteiger charge is 2.43. The minimum absolute atomic E-state index is 0.0407. The third kappa shape index (κ3) is 1.78. The maximum atomic E-state index is 9.05. The Hall–Kier alpha value is -0.200. The molecule has 5 nitrogen and oxygen atoms in total. The average Bonchev–Trinajstić information content (AvgIpc) is 2.85. The summed E-state index contributed by atoms with van der Waals surface area (Å²) in [6.07, 6.45) is 0.335. The van der Waals surface area contributed by atoms with Gasteiger partial charge in [-0.05, 0) is 6.42 Å². The highest BCUT2D eigenvalue weighted by atomic mass is 16.8. The SMILES string of the molecule is CC[C@@H]1OCO[C@H]1[C@H]1OCO[C@@H]1CO. The summed E-state index contributed by atoms with van der Waals surface area (Å²) in [6.45, 7) is 2.53. The van der Waals surface area contributed by atoms with Crippen LogP contribution in [0.15, 0.2) is 0 Å². The third-order valence-corrected chi connectivity index (χ3v) is 2.72. The standard InChI is InChI=1S/C9H16O5/c1-2-6-8(13-4-11-6)9-7(3-10)12-5-14-9/h6-10H,2-5H2,1H3/t6-,7+,8+,9-/m0/s1. The molecule has 2 fully saturated rings. The Bertz CT molecular complexity index is 166. The van der Waals surface area contributed by atoms with Crippen LogP contribution >= 0.6 is 0 Å². The van der Waals surface area contributed by atoms with Gasteiger partial charge in [-0.2, -0.15) is 0 Å². The Kier molecular flexibility index (Phi) is 3.35. The molecule has 2 aliphatic heterocycles. The lowest BCUT2D eigenvalue weighted by molar-refractivity contribution is -0.0347. The molecule has 0 amide bonds. The fourth-order valence-electron chi connectivity index (χ4n) is 1.93. The first-order valence-corrected chi connectivity index (χ1v) is 4.94. The third-order valence-electron chi connectivity index (χ3n) is 2.72. The van der Waals surface area contributed by atoms with Gasteiger partial charge in [0.05, 0.1) is 12.7 Å². The molecule has 0 aromatic carbocycles. The summed E-state index contributed by atoms with van der Waals surface area (Å²) in [5.41, 5.74) is 0. The van der Waals surface area contributed by atoms with Crippen LogP contribution in [0.2, 0.25) is 0 Å². The van der Waals surface area contributed by atoms with E-state index in [1.54, 1.807) is 0 Å². The molecular weight excluding hydrogens is 188 g/mol. The van der Waals surface area contributed by atoms with Crippen molar-refractivity contribution in [2.24, 2.45) is 0 Å². The zero-order chi connectivity index (χ0) is 9.97. The van der Waals surface area contributed by atoms with E-state index in [0.717, 1.165) is 6.42 Å². The van der Waals surface area contributed by atoms with Gasteiger partial charge in [0.1, 0.15) is 31.9 Å². The number of aliphatic hydroxyl groups excluding tert-OH is 1. The van der Waals surface area contributed by atoms with Crippen molar-refractivity contribution < 1.29 is 24.1 Å². The lowest BCUT2D eigenvalue weighted by Gasteiger charge is -2.23. The van der Waals surface area contributed by atoms with Gasteiger partial charge in [0.15, 0.2) is 0 Å². The van der Waals surface area contributed by atoms with Crippen LogP contribution in [-0.2, 0) is 18.9 Å². The largest absolute Gasteiger partial charge is 0.394 e. The number of hydrogen-bond acceptors (Lipinski definition) is 5. The molecule has 0 bridgehead atoms. The summed E-state index contributed by atoms with van der Waals surface area (Å²) in [4.78, 5) is 0. The number of rotatable bonds is 3. The zero-order valence-electron chi connectivity index (χ0n) is 8.22. The van der Waals surface area contributed by atoms with Crippen LogP contribution in [0.3, 0.4) is 0 Å². The molecule has 2 heterocycles. The first-order valence-electron chi connectivity index (χ1n) is 4.94. The minimum Gasteiger partial charge on any atom is -0.394 e. The van der Waals surface area contributed by atoms with Gasteiger partial charge in [-0.1, -0.05) is 6.92 Å². The maximum absolute atomic E-state index is 9.05. The van der Waals surface area contributed by atoms with Gasteiger partial charge in [0.25, 0.3) is 0 Å². The molecule has 0 saturated carbocycles. The second kappa shape index (κ2) is 4.55. The second-order valence-corrected chi connectivity index (χ2v) is 3.50. The van der Waals surface area contributed by atoms with Gasteiger partial charge in [0.2, 0.25) is 0 Å². The highest BCUT2D eigenvalue weighted by molar-refractivity contribution is 4.88. The normalized spacial score (nSPS) is 43.3. The van der Waals surface area contributed by atoms with E-state index in [2.05, 4.69) is 0 Å². The van der Waals surface area contributed by atoms with Crippen molar-refractivity contribution in [2.75, 3.05) is 20.2 Å². The Morgan fingerprint density at radius 3 is 2.14 bits per heavy atom. The molecule has 5 heteroatoms. The Balaban J connectivity index is 1.98. The van der Waals surface area contributed by atoms with Gasteiger partial charge >= 0.3 is 0 Å². The van der Waals surface area contributed by atoms with Crippen LogP contribution in [0.5, 0.6) is 0 Å². The van der Waals surface area contributed by atoms with Crippen molar-refractivity contribution in [3.05, 3.63) is 0 Å². The molecule has 0 spiro atoms. The summed E-state index contributed by atoms with van der Waals surface area (Å²) >= 11 is 0. The first kappa shape index (κ1) is 10.3. The van der Waals surface area contributed by atoms with Gasteiger partial charge in [0, 0.05) is 0 Å². The van der Waals surface area contributed by atoms with Gasteiger partial charge in [-0.15, -0.1) is 0 Å². The van der Waals surface area contributed by atoms with Crippen LogP contribution in [0.4, 0.5) is 0 Å². The highest BCUT2D eigenvalue weighted by Crippen LogP contribution is 2.26. The maximum Gasteiger partial charge on any atom is 0.147 e. The van der Waals surface area contributed by atoms with Gasteiger partial charge in [-0.25, -0.2) is 0 Å². The molecule has 0 aliphatic carbocycles. The van der Waals surface area contributed by atoms with Crippen molar-refractivity contribution in [3.63, 3.8) is 0 Å². The van der Waals surface area contributed by atoms with Crippen molar-refractivity contribution in [3.8, 4) is 0 Å². The minimum atomic E-state index is -0.282. The molecule has 0 unspecified atom stereocenters. The van der Waals surface area contributed by atoms with E-state index in [9.17, 15) is 0 Å². The molecule has 14 heavy (non-hydrogen) atoms. The molecule has 4 atom stereocenters. The fraction of sp³-hybridized carbons (Fsp3) is 1.00. The zero-order valence-corrected chi connectivity index (χ0v) is 8.22. The number of aliphatic hydroxyl groups is 1. The van der Waals surface area contributed by atoms with Crippen LogP contribution in [-0.4, -0.2) is 49.7 Å². The van der Waals surface area contributed by atoms with Crippen LogP contribution in [0, 0.1) is 0 Å². The van der Waals surface area contributed by atoms with E-state index >= 15 is 0 Å². The first-order chi connectivity index (χ1) is 6.86. The van der Waals surface area contributed by atoms with Crippen molar-refractivity contribution in [1.29, 1.82) is 0 Å². The summed E-state index contributed by atoms with van der Waals surface area (Å²) in [5, 5.41) is 9.05. The number of hydrogen-bond donors (Lipinski definition) is 1. The fourth-order valence-corrected chi connectivity index (χ4v) is 1.93. The Labute approximate surface area is 82.9 Å². The van der Waals surface area contributed by atoms with E-state index < -0.39 is 0 Å². The summed E-state index contributed by atoms with van der Waals surface area (Å²) < 4.78 is 21.4. The van der Waals surface area contributed by atoms with E-state index in [0.29, 0.717) is 6.79 Å². The summed E-state index contributed by atoms with van der Waals surface area (Å²) in [6, 6.07) is 0. The predicted octanol–water partition coefficient (Wildman–Crippen LogP) is -0.128. The molecule has 82 valence electrons. The Morgan fingerprint density at radius 1 is 1.00 bits per heavy atom. The monoisotopic (exact) mass is 204 g/mol. The summed E-state index contributed by atoms with van der Waals surface area (Å²) in [5.74, 6) is 0. The van der Waals surface area contributed by atoms with Crippen LogP contribution in [0.25, 0.3) is 0 Å². The molecule has 0 radical (unpaired) electrons. The van der Waals surface area contributed by atoms with E-state index in [-0.39, 0.29) is 37.8 Å². The van der Waals surface area contributed by atoms with E-state index in [1.165, 1.54) is 0 Å². The summed E-state index contributed by atoms with van der Waals surface area (Å²) in [7, 11) is 0. The molecule has 0 aromatic rings. The van der Waals surface area contributed by atoms with E-state index in [4.69, 9.17) is 24.1 Å². The smallest absolute Gasteiger partial charge is 0.147 e. The lowest BCUT2D eigenvalue weighted by atomic mass is 10.0. The van der Waals surface area contributed by atoms with Crippen LogP contribution < -0.4 is 0 Å². The molecular formula is C9H16O5. The predicted molar refractivity (Wildman–Crippen MR) is 46.6 cm³/mol. The van der Waals surface area contributed by atoms with Gasteiger partial charge in [-0.3, -0.25) is 0 Å². The topological polar surface area (TPSA) is 57.2 Å². The molecule has 2 rings (SSSR count). The number of ether oxygens (including phenoxy) is 4. The van der Waals surface area contributed by atoms with Crippen molar-refractivity contribution in [2.45, 2.75) is 37.8 Å². The van der Waals surface area contributed by atoms with Crippen molar-refractivity contribution >= 4 is 0 Å². The lowest BCUT2D eigenvalue weighted by Crippen LogP contribution is -2.42. The van der Waals surface area contributed by atoms with E-state index in [1.807, 2.05) is 6.92 Å². The molecule has 0 aromatic heterocycles. The molecule has 2 aliphatic rings. The average molecular weight is 204 g/mol. The molecule has 1 N–H and O–H groups in total. The van der Waals surface area contributed by atoms with Gasteiger partial charge < -0.3 is 24.1 Å². The molecule has 2 saturated heterocycles. The quantitative estimate of drug-likeness (QED) is 0.694. The Morgan fingerprint density at radius 2 is 1.57 bits per heavy atom. The van der Waals surface area contributed by atoms with Crippen LogP contribution in [0.1, 0.15) is 13.3 Å². The van der Waals surface area contributed by atoms with Crippen molar-refractivity contribution in [1.82, 2.24) is 0 Å². The second-order valence-electron chi connectivity index (χ2n) is 3.50.